The van der Waals surface area contributed by atoms with E-state index < -0.39 is 15.8 Å². The molecule has 0 bridgehead atoms. The van der Waals surface area contributed by atoms with Crippen LogP contribution in [0, 0.1) is 19.7 Å². The summed E-state index contributed by atoms with van der Waals surface area (Å²) >= 11 is 0. The Morgan fingerprint density at radius 1 is 1.15 bits per heavy atom. The maximum absolute atomic E-state index is 13.2. The Hall–Kier alpha value is -1.02. The summed E-state index contributed by atoms with van der Waals surface area (Å²) in [5, 5.41) is 3.04. The van der Waals surface area contributed by atoms with Gasteiger partial charge in [0.05, 0.1) is 11.5 Å². The largest absolute Gasteiger partial charge is 0.383 e. The normalized spacial score (nSPS) is 11.8. The van der Waals surface area contributed by atoms with Crippen molar-refractivity contribution in [1.82, 2.24) is 10.0 Å². The van der Waals surface area contributed by atoms with Crippen molar-refractivity contribution in [2.75, 3.05) is 33.4 Å². The minimum atomic E-state index is -3.62. The van der Waals surface area contributed by atoms with Gasteiger partial charge in [0, 0.05) is 26.7 Å². The van der Waals surface area contributed by atoms with Gasteiger partial charge in [-0.3, -0.25) is 0 Å². The summed E-state index contributed by atoms with van der Waals surface area (Å²) < 4.78 is 44.9. The fourth-order valence-corrected chi connectivity index (χ4v) is 3.45. The Labute approximate surface area is 119 Å². The van der Waals surface area contributed by atoms with Crippen molar-refractivity contribution in [2.24, 2.45) is 0 Å². The van der Waals surface area contributed by atoms with Crippen molar-refractivity contribution in [2.45, 2.75) is 18.7 Å². The predicted molar refractivity (Wildman–Crippen MR) is 75.8 cm³/mol. The molecule has 0 aromatic heterocycles. The lowest BCUT2D eigenvalue weighted by Gasteiger charge is -2.12. The van der Waals surface area contributed by atoms with Gasteiger partial charge in [0.15, 0.2) is 0 Å². The Morgan fingerprint density at radius 3 is 2.30 bits per heavy atom. The van der Waals surface area contributed by atoms with Crippen LogP contribution in [0.25, 0.3) is 0 Å². The number of sulfonamides is 1. The highest BCUT2D eigenvalue weighted by Crippen LogP contribution is 2.20. The summed E-state index contributed by atoms with van der Waals surface area (Å²) in [5.74, 6) is -0.430. The Balaban J connectivity index is 2.66. The van der Waals surface area contributed by atoms with Crippen LogP contribution >= 0.6 is 0 Å². The number of aryl methyl sites for hydroxylation is 2. The number of hydrogen-bond acceptors (Lipinski definition) is 4. The van der Waals surface area contributed by atoms with E-state index in [-0.39, 0.29) is 11.4 Å². The van der Waals surface area contributed by atoms with Crippen molar-refractivity contribution in [3.8, 4) is 0 Å². The Bertz CT molecular complexity index is 524. The molecule has 5 nitrogen and oxygen atoms in total. The van der Waals surface area contributed by atoms with Gasteiger partial charge in [-0.05, 0) is 37.1 Å². The standard InChI is InChI=1S/C13H21FN2O3S/c1-10-8-12(14)9-11(2)13(10)20(17,18)16-5-4-15-6-7-19-3/h8-9,15-16H,4-7H2,1-3H3. The van der Waals surface area contributed by atoms with Gasteiger partial charge in [-0.15, -0.1) is 0 Å². The van der Waals surface area contributed by atoms with E-state index in [2.05, 4.69) is 10.0 Å². The highest BCUT2D eigenvalue weighted by atomic mass is 32.2. The first-order chi connectivity index (χ1) is 9.38. The molecule has 114 valence electrons. The number of methoxy groups -OCH3 is 1. The van der Waals surface area contributed by atoms with Gasteiger partial charge in [-0.25, -0.2) is 17.5 Å². The molecule has 7 heteroatoms. The molecule has 1 aromatic carbocycles. The molecule has 0 saturated carbocycles. The average Bonchev–Trinajstić information content (AvgIpc) is 2.31. The lowest BCUT2D eigenvalue weighted by molar-refractivity contribution is 0.199. The van der Waals surface area contributed by atoms with E-state index in [0.717, 1.165) is 0 Å². The maximum Gasteiger partial charge on any atom is 0.241 e. The fraction of sp³-hybridized carbons (Fsp3) is 0.538. The van der Waals surface area contributed by atoms with Crippen molar-refractivity contribution in [3.05, 3.63) is 29.1 Å². The molecule has 0 amide bonds. The predicted octanol–water partition coefficient (Wildman–Crippen LogP) is 0.957. The lowest BCUT2D eigenvalue weighted by atomic mass is 10.1. The van der Waals surface area contributed by atoms with Crippen LogP contribution in [0.4, 0.5) is 4.39 Å². The Morgan fingerprint density at radius 2 is 1.75 bits per heavy atom. The highest BCUT2D eigenvalue weighted by Gasteiger charge is 2.19. The molecule has 20 heavy (non-hydrogen) atoms. The van der Waals surface area contributed by atoms with Crippen LogP contribution < -0.4 is 10.0 Å². The van der Waals surface area contributed by atoms with E-state index in [0.29, 0.717) is 30.8 Å². The third-order valence-corrected chi connectivity index (χ3v) is 4.54. The minimum Gasteiger partial charge on any atom is -0.383 e. The minimum absolute atomic E-state index is 0.149. The van der Waals surface area contributed by atoms with Gasteiger partial charge in [0.25, 0.3) is 0 Å². The second-order valence-electron chi connectivity index (χ2n) is 4.51. The van der Waals surface area contributed by atoms with Gasteiger partial charge < -0.3 is 10.1 Å². The Kier molecular flexibility index (Phi) is 6.54. The molecule has 0 atom stereocenters. The SMILES string of the molecule is COCCNCCNS(=O)(=O)c1c(C)cc(F)cc1C. The zero-order chi connectivity index (χ0) is 15.2. The van der Waals surface area contributed by atoms with Crippen molar-refractivity contribution >= 4 is 10.0 Å². The molecule has 0 radical (unpaired) electrons. The zero-order valence-corrected chi connectivity index (χ0v) is 12.8. The second-order valence-corrected chi connectivity index (χ2v) is 6.21. The van der Waals surface area contributed by atoms with Gasteiger partial charge in [0.2, 0.25) is 10.0 Å². The number of benzene rings is 1. The third-order valence-electron chi connectivity index (χ3n) is 2.77. The summed E-state index contributed by atoms with van der Waals surface area (Å²) in [7, 11) is -2.02. The van der Waals surface area contributed by atoms with E-state index in [4.69, 9.17) is 4.74 Å². The summed E-state index contributed by atoms with van der Waals surface area (Å²) in [6, 6.07) is 2.44. The lowest BCUT2D eigenvalue weighted by Crippen LogP contribution is -2.33. The molecular weight excluding hydrogens is 283 g/mol. The molecule has 1 rings (SSSR count). The van der Waals surface area contributed by atoms with Gasteiger partial charge >= 0.3 is 0 Å². The summed E-state index contributed by atoms with van der Waals surface area (Å²) in [5.41, 5.74) is 0.810. The van der Waals surface area contributed by atoms with Crippen LogP contribution in [0.1, 0.15) is 11.1 Å². The number of ether oxygens (including phenoxy) is 1. The van der Waals surface area contributed by atoms with Crippen LogP contribution in [0.5, 0.6) is 0 Å². The number of halogens is 1. The van der Waals surface area contributed by atoms with Crippen LogP contribution in [-0.2, 0) is 14.8 Å². The second kappa shape index (κ2) is 7.68. The quantitative estimate of drug-likeness (QED) is 0.702. The van der Waals surface area contributed by atoms with Gasteiger partial charge in [-0.2, -0.15) is 0 Å². The van der Waals surface area contributed by atoms with Crippen molar-refractivity contribution < 1.29 is 17.5 Å². The van der Waals surface area contributed by atoms with Crippen LogP contribution in [0.3, 0.4) is 0 Å². The molecular formula is C13H21FN2O3S. The smallest absolute Gasteiger partial charge is 0.241 e. The molecule has 0 aliphatic heterocycles. The van der Waals surface area contributed by atoms with Crippen LogP contribution in [-0.4, -0.2) is 41.8 Å². The molecule has 0 fully saturated rings. The molecule has 0 saturated heterocycles. The number of nitrogens with one attached hydrogen (secondary N) is 2. The molecule has 0 aliphatic rings. The van der Waals surface area contributed by atoms with E-state index in [1.807, 2.05) is 0 Å². The molecule has 0 aliphatic carbocycles. The molecule has 0 unspecified atom stereocenters. The molecule has 0 spiro atoms. The van der Waals surface area contributed by atoms with E-state index in [1.165, 1.54) is 12.1 Å². The summed E-state index contributed by atoms with van der Waals surface area (Å²) in [6.45, 7) is 5.17. The van der Waals surface area contributed by atoms with E-state index in [9.17, 15) is 12.8 Å². The van der Waals surface area contributed by atoms with Crippen LogP contribution in [0.2, 0.25) is 0 Å². The number of rotatable bonds is 8. The topological polar surface area (TPSA) is 67.4 Å². The first-order valence-electron chi connectivity index (χ1n) is 6.34. The zero-order valence-electron chi connectivity index (χ0n) is 12.0. The highest BCUT2D eigenvalue weighted by molar-refractivity contribution is 7.89. The third kappa shape index (κ3) is 4.82. The fourth-order valence-electron chi connectivity index (χ4n) is 1.97. The van der Waals surface area contributed by atoms with Gasteiger partial charge in [0.1, 0.15) is 5.82 Å². The van der Waals surface area contributed by atoms with E-state index >= 15 is 0 Å². The van der Waals surface area contributed by atoms with Crippen LogP contribution in [0.15, 0.2) is 17.0 Å². The maximum atomic E-state index is 13.2. The summed E-state index contributed by atoms with van der Waals surface area (Å²) in [4.78, 5) is 0.149. The first-order valence-corrected chi connectivity index (χ1v) is 7.83. The molecule has 0 heterocycles. The monoisotopic (exact) mass is 304 g/mol. The number of hydrogen-bond donors (Lipinski definition) is 2. The van der Waals surface area contributed by atoms with E-state index in [1.54, 1.807) is 21.0 Å². The van der Waals surface area contributed by atoms with Crippen molar-refractivity contribution in [3.63, 3.8) is 0 Å². The summed E-state index contributed by atoms with van der Waals surface area (Å²) in [6.07, 6.45) is 0. The molecule has 2 N–H and O–H groups in total. The molecule has 1 aromatic rings. The average molecular weight is 304 g/mol. The first kappa shape index (κ1) is 17.0. The van der Waals surface area contributed by atoms with Gasteiger partial charge in [-0.1, -0.05) is 0 Å². The van der Waals surface area contributed by atoms with Crippen molar-refractivity contribution in [1.29, 1.82) is 0 Å².